The van der Waals surface area contributed by atoms with Gasteiger partial charge in [0.25, 0.3) is 0 Å². The van der Waals surface area contributed by atoms with Gasteiger partial charge in [-0.3, -0.25) is 0 Å². The summed E-state index contributed by atoms with van der Waals surface area (Å²) in [6.45, 7) is 5.28. The van der Waals surface area contributed by atoms with Gasteiger partial charge in [-0.25, -0.2) is 0 Å². The summed E-state index contributed by atoms with van der Waals surface area (Å²) in [5.74, 6) is 3.83. The molecule has 6 atom stereocenters. The second kappa shape index (κ2) is 6.64. The molecule has 144 valence electrons. The van der Waals surface area contributed by atoms with Crippen molar-refractivity contribution in [3.63, 3.8) is 0 Å². The molecule has 0 radical (unpaired) electrons. The molecular formula is C27H36. The van der Waals surface area contributed by atoms with Crippen LogP contribution in [-0.4, -0.2) is 0 Å². The number of fused-ring (bicyclic) bond motifs is 5. The van der Waals surface area contributed by atoms with E-state index in [2.05, 4.69) is 62.4 Å². The molecule has 0 aromatic heterocycles. The predicted molar refractivity (Wildman–Crippen MR) is 114 cm³/mol. The first kappa shape index (κ1) is 17.8. The fraction of sp³-hybridized carbons (Fsp3) is 0.630. The fourth-order valence-electron chi connectivity index (χ4n) is 7.81. The van der Waals surface area contributed by atoms with Crippen molar-refractivity contribution >= 4 is 0 Å². The highest BCUT2D eigenvalue weighted by Crippen LogP contribution is 2.66. The predicted octanol–water partition coefficient (Wildman–Crippen LogP) is 7.36. The molecule has 0 aliphatic heterocycles. The Labute approximate surface area is 166 Å². The van der Waals surface area contributed by atoms with E-state index in [9.17, 15) is 0 Å². The molecule has 5 rings (SSSR count). The molecule has 0 heterocycles. The Hall–Kier alpha value is -1.30. The molecule has 4 aliphatic rings. The number of hydrogen-bond donors (Lipinski definition) is 0. The molecule has 0 bridgehead atoms. The van der Waals surface area contributed by atoms with Gasteiger partial charge in [-0.05, 0) is 97.9 Å². The molecule has 0 spiro atoms. The second-order valence-electron chi connectivity index (χ2n) is 10.5. The lowest BCUT2D eigenvalue weighted by Gasteiger charge is -2.59. The van der Waals surface area contributed by atoms with Crippen LogP contribution in [0.3, 0.4) is 0 Å². The highest BCUT2D eigenvalue weighted by molar-refractivity contribution is 5.27. The first-order valence-corrected chi connectivity index (χ1v) is 11.5. The minimum Gasteiger partial charge on any atom is -0.0882 e. The molecular weight excluding hydrogens is 324 g/mol. The average molecular weight is 361 g/mol. The first-order valence-electron chi connectivity index (χ1n) is 11.5. The Balaban J connectivity index is 1.34. The van der Waals surface area contributed by atoms with Crippen LogP contribution in [0, 0.1) is 34.5 Å². The number of hydrogen-bond acceptors (Lipinski definition) is 0. The molecule has 6 unspecified atom stereocenters. The van der Waals surface area contributed by atoms with Crippen LogP contribution in [0.15, 0.2) is 54.1 Å². The van der Waals surface area contributed by atoms with E-state index in [1.165, 1.54) is 63.4 Å². The van der Waals surface area contributed by atoms with E-state index in [1.807, 2.05) is 0 Å². The Morgan fingerprint density at radius 1 is 0.889 bits per heavy atom. The van der Waals surface area contributed by atoms with Gasteiger partial charge in [0, 0.05) is 0 Å². The van der Waals surface area contributed by atoms with E-state index < -0.39 is 0 Å². The van der Waals surface area contributed by atoms with Crippen molar-refractivity contribution < 1.29 is 0 Å². The lowest BCUT2D eigenvalue weighted by atomic mass is 9.45. The molecule has 27 heavy (non-hydrogen) atoms. The Morgan fingerprint density at radius 3 is 2.59 bits per heavy atom. The van der Waals surface area contributed by atoms with Crippen LogP contribution in [0.1, 0.15) is 70.8 Å². The van der Waals surface area contributed by atoms with E-state index in [0.29, 0.717) is 10.8 Å². The molecule has 1 aromatic rings. The first-order chi connectivity index (χ1) is 13.1. The second-order valence-corrected chi connectivity index (χ2v) is 10.5. The van der Waals surface area contributed by atoms with Crippen LogP contribution in [0.2, 0.25) is 0 Å². The zero-order chi connectivity index (χ0) is 18.5. The van der Waals surface area contributed by atoms with Crippen LogP contribution in [0.5, 0.6) is 0 Å². The summed E-state index contributed by atoms with van der Waals surface area (Å²) < 4.78 is 0. The maximum Gasteiger partial charge on any atom is -0.00822 e. The largest absolute Gasteiger partial charge is 0.0882 e. The van der Waals surface area contributed by atoms with Crippen LogP contribution in [-0.2, 0) is 6.42 Å². The lowest BCUT2D eigenvalue weighted by molar-refractivity contribution is -0.0827. The van der Waals surface area contributed by atoms with E-state index in [4.69, 9.17) is 0 Å². The standard InChI is InChI=1S/C27H36/c1-26-18-7-6-10-21(26)13-15-23-24-16-14-22(27(24,2)19-17-25(23)26)12-11-20-8-4-3-5-9-20/h3-9,14,21,23-25H,10-13,15-19H2,1-2H3. The lowest BCUT2D eigenvalue weighted by Crippen LogP contribution is -2.51. The van der Waals surface area contributed by atoms with Gasteiger partial charge in [0.15, 0.2) is 0 Å². The van der Waals surface area contributed by atoms with Crippen molar-refractivity contribution in [2.75, 3.05) is 0 Å². The van der Waals surface area contributed by atoms with Crippen LogP contribution >= 0.6 is 0 Å². The van der Waals surface area contributed by atoms with Crippen molar-refractivity contribution in [3.8, 4) is 0 Å². The minimum absolute atomic E-state index is 0.490. The highest BCUT2D eigenvalue weighted by atomic mass is 14.6. The van der Waals surface area contributed by atoms with Gasteiger partial charge in [-0.1, -0.05) is 68.0 Å². The third-order valence-corrected chi connectivity index (χ3v) is 9.48. The minimum atomic E-state index is 0.490. The van der Waals surface area contributed by atoms with Crippen molar-refractivity contribution in [1.82, 2.24) is 0 Å². The number of aryl methyl sites for hydroxylation is 1. The summed E-state index contributed by atoms with van der Waals surface area (Å²) in [5.41, 5.74) is 4.38. The summed E-state index contributed by atoms with van der Waals surface area (Å²) in [7, 11) is 0. The van der Waals surface area contributed by atoms with E-state index in [1.54, 1.807) is 5.57 Å². The van der Waals surface area contributed by atoms with Gasteiger partial charge in [0.1, 0.15) is 0 Å². The van der Waals surface area contributed by atoms with Crippen molar-refractivity contribution in [3.05, 3.63) is 59.7 Å². The van der Waals surface area contributed by atoms with Crippen molar-refractivity contribution in [2.45, 2.75) is 71.6 Å². The zero-order valence-corrected chi connectivity index (χ0v) is 17.3. The van der Waals surface area contributed by atoms with Gasteiger partial charge < -0.3 is 0 Å². The van der Waals surface area contributed by atoms with Crippen LogP contribution in [0.25, 0.3) is 0 Å². The quantitative estimate of drug-likeness (QED) is 0.494. The van der Waals surface area contributed by atoms with Gasteiger partial charge >= 0.3 is 0 Å². The number of allylic oxidation sites excluding steroid dienone is 4. The highest BCUT2D eigenvalue weighted by Gasteiger charge is 2.57. The molecule has 2 fully saturated rings. The van der Waals surface area contributed by atoms with Crippen molar-refractivity contribution in [1.29, 1.82) is 0 Å². The monoisotopic (exact) mass is 360 g/mol. The normalized spacial score (nSPS) is 42.8. The molecule has 4 aliphatic carbocycles. The summed E-state index contributed by atoms with van der Waals surface area (Å²) in [5, 5.41) is 0. The topological polar surface area (TPSA) is 0 Å². The number of benzene rings is 1. The van der Waals surface area contributed by atoms with Gasteiger partial charge in [-0.15, -0.1) is 0 Å². The summed E-state index contributed by atoms with van der Waals surface area (Å²) in [6, 6.07) is 11.1. The smallest absolute Gasteiger partial charge is 0.00822 e. The van der Waals surface area contributed by atoms with E-state index in [-0.39, 0.29) is 0 Å². The molecule has 0 amide bonds. The Kier molecular flexibility index (Phi) is 4.37. The molecule has 2 saturated carbocycles. The van der Waals surface area contributed by atoms with Gasteiger partial charge in [-0.2, -0.15) is 0 Å². The summed E-state index contributed by atoms with van der Waals surface area (Å²) >= 11 is 0. The maximum absolute atomic E-state index is 2.67. The van der Waals surface area contributed by atoms with Crippen molar-refractivity contribution in [2.24, 2.45) is 34.5 Å². The maximum atomic E-state index is 2.67. The average Bonchev–Trinajstić information content (AvgIpc) is 3.03. The van der Waals surface area contributed by atoms with E-state index >= 15 is 0 Å². The summed E-state index contributed by atoms with van der Waals surface area (Å²) in [6.07, 6.45) is 20.1. The molecule has 0 nitrogen and oxygen atoms in total. The van der Waals surface area contributed by atoms with Gasteiger partial charge in [0.2, 0.25) is 0 Å². The third kappa shape index (κ3) is 2.78. The number of rotatable bonds is 3. The van der Waals surface area contributed by atoms with Crippen LogP contribution in [0.4, 0.5) is 0 Å². The Morgan fingerprint density at radius 2 is 1.74 bits per heavy atom. The summed E-state index contributed by atoms with van der Waals surface area (Å²) in [4.78, 5) is 0. The molecule has 0 saturated heterocycles. The van der Waals surface area contributed by atoms with Crippen LogP contribution < -0.4 is 0 Å². The molecule has 1 aromatic carbocycles. The SMILES string of the molecule is CC12CCC3C(CCC4CC=CCC43C)C1CC=C2CCc1ccccc1. The van der Waals surface area contributed by atoms with Gasteiger partial charge in [0.05, 0.1) is 0 Å². The molecule has 0 N–H and O–H groups in total. The van der Waals surface area contributed by atoms with E-state index in [0.717, 1.165) is 23.7 Å². The third-order valence-electron chi connectivity index (χ3n) is 9.48. The fourth-order valence-corrected chi connectivity index (χ4v) is 7.81. The Bertz CT molecular complexity index is 741. The zero-order valence-electron chi connectivity index (χ0n) is 17.3. The molecule has 0 heteroatoms.